The number of benzene rings is 2. The van der Waals surface area contributed by atoms with E-state index in [0.29, 0.717) is 5.84 Å². The van der Waals surface area contributed by atoms with Gasteiger partial charge < -0.3 is 4.90 Å². The molecule has 0 radical (unpaired) electrons. The number of rotatable bonds is 3. The first-order chi connectivity index (χ1) is 9.50. The summed E-state index contributed by atoms with van der Waals surface area (Å²) in [5.41, 5.74) is 0.761. The fraction of sp³-hybridized carbons (Fsp3) is 0.133. The molecule has 0 N–H and O–H groups in total. The van der Waals surface area contributed by atoms with Gasteiger partial charge in [0.25, 0.3) is 10.0 Å². The van der Waals surface area contributed by atoms with Crippen molar-refractivity contribution in [3.63, 3.8) is 0 Å². The molecule has 0 atom stereocenters. The van der Waals surface area contributed by atoms with Crippen LogP contribution in [-0.4, -0.2) is 33.2 Å². The maximum atomic E-state index is 12.3. The molecule has 5 heteroatoms. The van der Waals surface area contributed by atoms with Crippen LogP contribution in [-0.2, 0) is 10.0 Å². The molecular weight excluding hydrogens is 272 g/mol. The van der Waals surface area contributed by atoms with E-state index in [1.165, 1.54) is 12.1 Å². The summed E-state index contributed by atoms with van der Waals surface area (Å²) < 4.78 is 28.6. The summed E-state index contributed by atoms with van der Waals surface area (Å²) in [7, 11) is -0.166. The van der Waals surface area contributed by atoms with E-state index in [1.54, 1.807) is 37.2 Å². The van der Waals surface area contributed by atoms with Crippen LogP contribution in [0.5, 0.6) is 0 Å². The standard InChI is InChI=1S/C15H16N2O2S/c1-17(2)15(13-9-5-3-6-10-13)16-20(18,19)14-11-7-4-8-12-14/h3-12H,1-2H3/b16-15+. The molecule has 2 rings (SSSR count). The first-order valence-electron chi connectivity index (χ1n) is 6.13. The van der Waals surface area contributed by atoms with Gasteiger partial charge in [0.2, 0.25) is 0 Å². The van der Waals surface area contributed by atoms with Gasteiger partial charge in [0, 0.05) is 19.7 Å². The Hall–Kier alpha value is -2.14. The highest BCUT2D eigenvalue weighted by atomic mass is 32.2. The second kappa shape index (κ2) is 5.88. The van der Waals surface area contributed by atoms with E-state index >= 15 is 0 Å². The van der Waals surface area contributed by atoms with Crippen LogP contribution in [0.3, 0.4) is 0 Å². The minimum Gasteiger partial charge on any atom is -0.362 e. The summed E-state index contributed by atoms with van der Waals surface area (Å²) in [6.45, 7) is 0. The maximum Gasteiger partial charge on any atom is 0.284 e. The molecule has 4 nitrogen and oxygen atoms in total. The van der Waals surface area contributed by atoms with Gasteiger partial charge in [0.05, 0.1) is 4.90 Å². The van der Waals surface area contributed by atoms with E-state index in [2.05, 4.69) is 4.40 Å². The van der Waals surface area contributed by atoms with Gasteiger partial charge in [-0.05, 0) is 12.1 Å². The van der Waals surface area contributed by atoms with Crippen LogP contribution in [0.1, 0.15) is 5.56 Å². The van der Waals surface area contributed by atoms with Gasteiger partial charge in [-0.2, -0.15) is 8.42 Å². The van der Waals surface area contributed by atoms with Gasteiger partial charge in [0.15, 0.2) is 0 Å². The van der Waals surface area contributed by atoms with Gasteiger partial charge in [-0.1, -0.05) is 48.5 Å². The van der Waals surface area contributed by atoms with Crippen molar-refractivity contribution in [3.8, 4) is 0 Å². The molecule has 0 heterocycles. The SMILES string of the molecule is CN(C)/C(=N/S(=O)(=O)c1ccccc1)c1ccccc1. The van der Waals surface area contributed by atoms with Crippen molar-refractivity contribution >= 4 is 15.9 Å². The monoisotopic (exact) mass is 288 g/mol. The molecule has 0 saturated heterocycles. The maximum absolute atomic E-state index is 12.3. The van der Waals surface area contributed by atoms with Crippen LogP contribution in [0.15, 0.2) is 70.0 Å². The molecule has 0 fully saturated rings. The molecule has 2 aromatic carbocycles. The van der Waals surface area contributed by atoms with Gasteiger partial charge in [-0.15, -0.1) is 4.40 Å². The van der Waals surface area contributed by atoms with E-state index in [-0.39, 0.29) is 4.90 Å². The first-order valence-corrected chi connectivity index (χ1v) is 7.57. The van der Waals surface area contributed by atoms with Gasteiger partial charge in [0.1, 0.15) is 5.84 Å². The Kier molecular flexibility index (Phi) is 4.20. The minimum absolute atomic E-state index is 0.190. The molecule has 0 aliphatic heterocycles. The van der Waals surface area contributed by atoms with Gasteiger partial charge in [-0.25, -0.2) is 0 Å². The first kappa shape index (κ1) is 14.3. The van der Waals surface area contributed by atoms with Crippen LogP contribution in [0, 0.1) is 0 Å². The lowest BCUT2D eigenvalue weighted by atomic mass is 10.2. The van der Waals surface area contributed by atoms with E-state index in [1.807, 2.05) is 30.3 Å². The van der Waals surface area contributed by atoms with Crippen molar-refractivity contribution < 1.29 is 8.42 Å². The second-order valence-corrected chi connectivity index (χ2v) is 6.07. The number of hydrogen-bond donors (Lipinski definition) is 0. The van der Waals surface area contributed by atoms with Crippen molar-refractivity contribution in [2.75, 3.05) is 14.1 Å². The zero-order valence-electron chi connectivity index (χ0n) is 11.4. The lowest BCUT2D eigenvalue weighted by molar-refractivity contribution is 0.592. The van der Waals surface area contributed by atoms with Crippen LogP contribution in [0.2, 0.25) is 0 Å². The normalized spacial score (nSPS) is 12.2. The van der Waals surface area contributed by atoms with Crippen molar-refractivity contribution in [2.24, 2.45) is 4.40 Å². The van der Waals surface area contributed by atoms with Crippen LogP contribution in [0.4, 0.5) is 0 Å². The molecule has 0 aromatic heterocycles. The zero-order valence-corrected chi connectivity index (χ0v) is 12.2. The number of amidine groups is 1. The third-order valence-corrected chi connectivity index (χ3v) is 3.98. The smallest absolute Gasteiger partial charge is 0.284 e. The van der Waals surface area contributed by atoms with E-state index in [0.717, 1.165) is 5.56 Å². The van der Waals surface area contributed by atoms with Crippen LogP contribution in [0.25, 0.3) is 0 Å². The third kappa shape index (κ3) is 3.24. The lowest BCUT2D eigenvalue weighted by Crippen LogP contribution is -2.24. The highest BCUT2D eigenvalue weighted by molar-refractivity contribution is 7.90. The van der Waals surface area contributed by atoms with Crippen LogP contribution >= 0.6 is 0 Å². The fourth-order valence-electron chi connectivity index (χ4n) is 1.74. The zero-order chi connectivity index (χ0) is 14.6. The molecule has 104 valence electrons. The Morgan fingerprint density at radius 1 is 0.900 bits per heavy atom. The largest absolute Gasteiger partial charge is 0.362 e. The predicted molar refractivity (Wildman–Crippen MR) is 80.3 cm³/mol. The molecule has 0 saturated carbocycles. The minimum atomic E-state index is -3.71. The van der Waals surface area contributed by atoms with Crippen molar-refractivity contribution in [1.82, 2.24) is 4.90 Å². The van der Waals surface area contributed by atoms with Crippen LogP contribution < -0.4 is 0 Å². The fourth-order valence-corrected chi connectivity index (χ4v) is 2.84. The summed E-state index contributed by atoms with van der Waals surface area (Å²) in [6, 6.07) is 17.5. The number of nitrogens with zero attached hydrogens (tertiary/aromatic N) is 2. The third-order valence-electron chi connectivity index (χ3n) is 2.70. The average molecular weight is 288 g/mol. The Bertz CT molecular complexity index is 693. The summed E-state index contributed by atoms with van der Waals surface area (Å²) in [6.07, 6.45) is 0. The topological polar surface area (TPSA) is 49.7 Å². The van der Waals surface area contributed by atoms with Crippen molar-refractivity contribution in [2.45, 2.75) is 4.90 Å². The Labute approximate surface area is 119 Å². The lowest BCUT2D eigenvalue weighted by Gasteiger charge is -2.15. The summed E-state index contributed by atoms with van der Waals surface area (Å²) in [5, 5.41) is 0. The molecule has 0 unspecified atom stereocenters. The average Bonchev–Trinajstić information content (AvgIpc) is 2.46. The predicted octanol–water partition coefficient (Wildman–Crippen LogP) is 2.38. The van der Waals surface area contributed by atoms with E-state index in [9.17, 15) is 8.42 Å². The quantitative estimate of drug-likeness (QED) is 0.643. The summed E-state index contributed by atoms with van der Waals surface area (Å²) in [4.78, 5) is 1.88. The molecule has 0 bridgehead atoms. The molecular formula is C15H16N2O2S. The number of sulfonamides is 1. The molecule has 0 aliphatic rings. The Morgan fingerprint density at radius 2 is 1.40 bits per heavy atom. The Balaban J connectivity index is 2.50. The second-order valence-electron chi connectivity index (χ2n) is 4.46. The van der Waals surface area contributed by atoms with Crippen molar-refractivity contribution in [1.29, 1.82) is 0 Å². The molecule has 20 heavy (non-hydrogen) atoms. The van der Waals surface area contributed by atoms with E-state index in [4.69, 9.17) is 0 Å². The van der Waals surface area contributed by atoms with E-state index < -0.39 is 10.0 Å². The summed E-state index contributed by atoms with van der Waals surface area (Å²) in [5.74, 6) is 0.412. The van der Waals surface area contributed by atoms with Gasteiger partial charge in [-0.3, -0.25) is 0 Å². The summed E-state index contributed by atoms with van der Waals surface area (Å²) >= 11 is 0. The molecule has 2 aromatic rings. The van der Waals surface area contributed by atoms with Gasteiger partial charge >= 0.3 is 0 Å². The Morgan fingerprint density at radius 3 is 1.90 bits per heavy atom. The number of hydrogen-bond acceptors (Lipinski definition) is 2. The highest BCUT2D eigenvalue weighted by Gasteiger charge is 2.16. The highest BCUT2D eigenvalue weighted by Crippen LogP contribution is 2.14. The molecule has 0 spiro atoms. The van der Waals surface area contributed by atoms with Crippen molar-refractivity contribution in [3.05, 3.63) is 66.2 Å². The molecule has 0 aliphatic carbocycles. The molecule has 0 amide bonds.